The molecule has 2 N–H and O–H groups in total. The number of hydrogen-bond acceptors (Lipinski definition) is 6. The summed E-state index contributed by atoms with van der Waals surface area (Å²) < 4.78 is 10.6. The molecule has 0 aromatic carbocycles. The fraction of sp³-hybridized carbons (Fsp3) is 0.643. The smallest absolute Gasteiger partial charge is 0.431 e. The van der Waals surface area contributed by atoms with E-state index in [0.29, 0.717) is 25.7 Å². The van der Waals surface area contributed by atoms with Gasteiger partial charge in [0.1, 0.15) is 11.2 Å². The Kier molecular flexibility index (Phi) is 11.7. The second-order valence-corrected chi connectivity index (χ2v) is 11.2. The highest BCUT2D eigenvalue weighted by Crippen LogP contribution is 2.23. The lowest BCUT2D eigenvalue weighted by molar-refractivity contribution is -0.0646. The Morgan fingerprint density at radius 3 is 1.42 bits per heavy atom. The van der Waals surface area contributed by atoms with Crippen LogP contribution in [0.15, 0.2) is 47.6 Å². The van der Waals surface area contributed by atoms with Crippen LogP contribution in [0, 0.1) is 0 Å². The summed E-state index contributed by atoms with van der Waals surface area (Å²) >= 11 is 0. The van der Waals surface area contributed by atoms with Crippen LogP contribution in [0.1, 0.15) is 92.9 Å². The lowest BCUT2D eigenvalue weighted by Gasteiger charge is -2.25. The summed E-state index contributed by atoms with van der Waals surface area (Å²) in [4.78, 5) is 35.9. The maximum absolute atomic E-state index is 12.2. The molecule has 36 heavy (non-hydrogen) atoms. The molecule has 2 aliphatic rings. The van der Waals surface area contributed by atoms with Crippen molar-refractivity contribution in [1.82, 2.24) is 11.0 Å². The van der Waals surface area contributed by atoms with Gasteiger partial charge in [-0.2, -0.15) is 11.0 Å². The Hall–Kier alpha value is -2.58. The zero-order valence-electron chi connectivity index (χ0n) is 22.7. The summed E-state index contributed by atoms with van der Waals surface area (Å²) in [6.45, 7) is 10.8. The number of hydroxylamine groups is 2. The first kappa shape index (κ1) is 29.6. The second kappa shape index (κ2) is 14.2. The molecular formula is C28H44N2O6. The number of allylic oxidation sites excluding steroid dienone is 6. The number of ether oxygens (including phenoxy) is 2. The molecule has 0 aromatic rings. The zero-order chi connectivity index (χ0) is 26.6. The zero-order valence-corrected chi connectivity index (χ0v) is 22.7. The first-order valence-corrected chi connectivity index (χ1v) is 12.9. The molecule has 0 heterocycles. The van der Waals surface area contributed by atoms with E-state index in [1.165, 1.54) is 11.1 Å². The molecule has 0 radical (unpaired) electrons. The Morgan fingerprint density at radius 2 is 1.11 bits per heavy atom. The van der Waals surface area contributed by atoms with E-state index in [1.807, 2.05) is 0 Å². The molecule has 0 aromatic heterocycles. The van der Waals surface area contributed by atoms with Crippen LogP contribution in [-0.2, 0) is 19.1 Å². The Morgan fingerprint density at radius 1 is 0.722 bits per heavy atom. The van der Waals surface area contributed by atoms with Gasteiger partial charge in [0, 0.05) is 12.8 Å². The third kappa shape index (κ3) is 13.5. The molecule has 0 aliphatic heterocycles. The first-order chi connectivity index (χ1) is 16.9. The lowest BCUT2D eigenvalue weighted by atomic mass is 9.95. The summed E-state index contributed by atoms with van der Waals surface area (Å²) in [7, 11) is 0. The maximum atomic E-state index is 12.2. The SMILES string of the molecule is CC(C)(C)OC(=O)NOC(CCC(CC1=CCCC=C1)ONC(=O)OC(C)(C)C)CC1=CCCC=C1. The fourth-order valence-electron chi connectivity index (χ4n) is 3.80. The number of amides is 2. The number of hydrogen-bond donors (Lipinski definition) is 2. The van der Waals surface area contributed by atoms with Gasteiger partial charge in [0.2, 0.25) is 0 Å². The highest BCUT2D eigenvalue weighted by Gasteiger charge is 2.23. The van der Waals surface area contributed by atoms with Crippen molar-refractivity contribution in [1.29, 1.82) is 0 Å². The van der Waals surface area contributed by atoms with Gasteiger partial charge in [-0.25, -0.2) is 9.59 Å². The topological polar surface area (TPSA) is 95.1 Å². The van der Waals surface area contributed by atoms with Crippen molar-refractivity contribution in [2.75, 3.05) is 0 Å². The molecule has 2 atom stereocenters. The molecule has 0 saturated heterocycles. The van der Waals surface area contributed by atoms with E-state index in [4.69, 9.17) is 19.1 Å². The largest absolute Gasteiger partial charge is 0.442 e. The van der Waals surface area contributed by atoms with E-state index in [9.17, 15) is 9.59 Å². The van der Waals surface area contributed by atoms with Gasteiger partial charge in [0.25, 0.3) is 0 Å². The Bertz CT molecular complexity index is 775. The fourth-order valence-corrected chi connectivity index (χ4v) is 3.80. The minimum Gasteiger partial charge on any atom is -0.442 e. The van der Waals surface area contributed by atoms with E-state index in [0.717, 1.165) is 25.7 Å². The number of carbonyl (C=O) groups is 2. The second-order valence-electron chi connectivity index (χ2n) is 11.2. The van der Waals surface area contributed by atoms with Gasteiger partial charge in [-0.15, -0.1) is 0 Å². The van der Waals surface area contributed by atoms with Crippen LogP contribution in [0.4, 0.5) is 9.59 Å². The molecule has 8 nitrogen and oxygen atoms in total. The predicted molar refractivity (Wildman–Crippen MR) is 140 cm³/mol. The van der Waals surface area contributed by atoms with Crippen LogP contribution in [0.5, 0.6) is 0 Å². The molecule has 2 amide bonds. The van der Waals surface area contributed by atoms with Crippen LogP contribution in [0.2, 0.25) is 0 Å². The third-order valence-corrected chi connectivity index (χ3v) is 5.30. The molecule has 202 valence electrons. The summed E-state index contributed by atoms with van der Waals surface area (Å²) in [6, 6.07) is 0. The molecule has 0 bridgehead atoms. The summed E-state index contributed by atoms with van der Waals surface area (Å²) in [5.41, 5.74) is 5.98. The van der Waals surface area contributed by atoms with Gasteiger partial charge in [-0.05, 0) is 91.2 Å². The summed E-state index contributed by atoms with van der Waals surface area (Å²) in [6.07, 6.45) is 17.5. The van der Waals surface area contributed by atoms with E-state index >= 15 is 0 Å². The summed E-state index contributed by atoms with van der Waals surface area (Å²) in [5, 5.41) is 0. The van der Waals surface area contributed by atoms with Gasteiger partial charge >= 0.3 is 12.2 Å². The average molecular weight is 505 g/mol. The minimum atomic E-state index is -0.627. The normalized spacial score (nSPS) is 17.5. The van der Waals surface area contributed by atoms with Crippen LogP contribution < -0.4 is 11.0 Å². The highest BCUT2D eigenvalue weighted by molar-refractivity contribution is 5.66. The Labute approximate surface area is 216 Å². The van der Waals surface area contributed by atoms with Crippen molar-refractivity contribution in [2.45, 2.75) is 116 Å². The van der Waals surface area contributed by atoms with Gasteiger partial charge in [0.05, 0.1) is 12.2 Å². The average Bonchev–Trinajstić information content (AvgIpc) is 2.78. The number of carbonyl (C=O) groups excluding carboxylic acids is 2. The van der Waals surface area contributed by atoms with Gasteiger partial charge in [-0.3, -0.25) is 9.68 Å². The molecule has 8 heteroatoms. The molecule has 2 rings (SSSR count). The number of rotatable bonds is 11. The van der Waals surface area contributed by atoms with E-state index in [2.05, 4.69) is 47.4 Å². The van der Waals surface area contributed by atoms with E-state index in [1.54, 1.807) is 41.5 Å². The van der Waals surface area contributed by atoms with Crippen molar-refractivity contribution in [2.24, 2.45) is 0 Å². The number of nitrogens with one attached hydrogen (secondary N) is 2. The van der Waals surface area contributed by atoms with Crippen LogP contribution in [-0.4, -0.2) is 35.6 Å². The molecule has 0 spiro atoms. The van der Waals surface area contributed by atoms with Crippen molar-refractivity contribution in [3.63, 3.8) is 0 Å². The van der Waals surface area contributed by atoms with Crippen LogP contribution in [0.3, 0.4) is 0 Å². The van der Waals surface area contributed by atoms with Crippen molar-refractivity contribution < 1.29 is 28.7 Å². The first-order valence-electron chi connectivity index (χ1n) is 12.9. The van der Waals surface area contributed by atoms with Gasteiger partial charge in [0.15, 0.2) is 0 Å². The molecular weight excluding hydrogens is 460 g/mol. The molecule has 2 aliphatic carbocycles. The van der Waals surface area contributed by atoms with Crippen molar-refractivity contribution in [3.05, 3.63) is 47.6 Å². The van der Waals surface area contributed by atoms with E-state index < -0.39 is 23.4 Å². The highest BCUT2D eigenvalue weighted by atomic mass is 16.7. The minimum absolute atomic E-state index is 0.296. The van der Waals surface area contributed by atoms with Gasteiger partial charge in [-0.1, -0.05) is 36.5 Å². The van der Waals surface area contributed by atoms with Crippen molar-refractivity contribution >= 4 is 12.2 Å². The van der Waals surface area contributed by atoms with Crippen molar-refractivity contribution in [3.8, 4) is 0 Å². The maximum Gasteiger partial charge on any atom is 0.431 e. The Balaban J connectivity index is 2.02. The quantitative estimate of drug-likeness (QED) is 0.302. The van der Waals surface area contributed by atoms with Gasteiger partial charge < -0.3 is 9.47 Å². The third-order valence-electron chi connectivity index (χ3n) is 5.30. The van der Waals surface area contributed by atoms with Crippen LogP contribution in [0.25, 0.3) is 0 Å². The van der Waals surface area contributed by atoms with Crippen LogP contribution >= 0.6 is 0 Å². The molecule has 0 saturated carbocycles. The lowest BCUT2D eigenvalue weighted by Crippen LogP contribution is -2.37. The predicted octanol–water partition coefficient (Wildman–Crippen LogP) is 6.75. The summed E-state index contributed by atoms with van der Waals surface area (Å²) in [5.74, 6) is 0. The molecule has 0 fully saturated rings. The standard InChI is InChI=1S/C28H44N2O6/c1-27(2,3)33-25(31)29-35-23(19-21-13-9-7-10-14-21)17-18-24(20-22-15-11-8-12-16-22)36-30-26(32)34-28(4,5)6/h9,11,13-16,23-24H,7-8,10,12,17-20H2,1-6H3,(H,29,31)(H,30,32). The monoisotopic (exact) mass is 504 g/mol. The van der Waals surface area contributed by atoms with E-state index in [-0.39, 0.29) is 12.2 Å². The molecule has 2 unspecified atom stereocenters.